The first-order valence-corrected chi connectivity index (χ1v) is 7.60. The van der Waals surface area contributed by atoms with E-state index < -0.39 is 23.4 Å². The summed E-state index contributed by atoms with van der Waals surface area (Å²) in [5.41, 5.74) is 0.530. The van der Waals surface area contributed by atoms with Gasteiger partial charge in [0, 0.05) is 5.56 Å². The lowest BCUT2D eigenvalue weighted by Crippen LogP contribution is -2.44. The van der Waals surface area contributed by atoms with Crippen molar-refractivity contribution in [3.05, 3.63) is 34.9 Å². The third kappa shape index (κ3) is 3.90. The fourth-order valence-electron chi connectivity index (χ4n) is 2.26. The predicted molar refractivity (Wildman–Crippen MR) is 79.2 cm³/mol. The Labute approximate surface area is 132 Å². The lowest BCUT2D eigenvalue weighted by molar-refractivity contribution is -0.255. The molecule has 2 unspecified atom stereocenters. The molecule has 0 bridgehead atoms. The molecule has 23 heavy (non-hydrogen) atoms. The fourth-order valence-corrected chi connectivity index (χ4v) is 2.26. The second-order valence-corrected chi connectivity index (χ2v) is 5.87. The molecule has 0 aliphatic rings. The second kappa shape index (κ2) is 6.97. The molecule has 0 saturated carbocycles. The van der Waals surface area contributed by atoms with Crippen molar-refractivity contribution in [2.24, 2.45) is 0 Å². The van der Waals surface area contributed by atoms with Crippen molar-refractivity contribution in [2.45, 2.75) is 64.5 Å². The highest BCUT2D eigenvalue weighted by atomic mass is 19.4. The first-order chi connectivity index (χ1) is 10.5. The van der Waals surface area contributed by atoms with E-state index in [2.05, 4.69) is 0 Å². The summed E-state index contributed by atoms with van der Waals surface area (Å²) < 4.78 is 64.2. The van der Waals surface area contributed by atoms with Crippen LogP contribution in [-0.4, -0.2) is 17.9 Å². The van der Waals surface area contributed by atoms with E-state index in [9.17, 15) is 26.7 Å². The molecule has 0 radical (unpaired) electrons. The number of benzene rings is 1. The number of hydrogen-bond donors (Lipinski definition) is 0. The summed E-state index contributed by atoms with van der Waals surface area (Å²) in [4.78, 5) is 11.8. The quantitative estimate of drug-likeness (QED) is 0.453. The zero-order chi connectivity index (χ0) is 18.0. The Morgan fingerprint density at radius 2 is 1.52 bits per heavy atom. The summed E-state index contributed by atoms with van der Waals surface area (Å²) in [5, 5.41) is 0. The van der Waals surface area contributed by atoms with Crippen LogP contribution in [0.2, 0.25) is 0 Å². The number of halogens is 5. The number of alkyl halides is 5. The first kappa shape index (κ1) is 19.6. The van der Waals surface area contributed by atoms with Gasteiger partial charge in [0.25, 0.3) is 0 Å². The van der Waals surface area contributed by atoms with E-state index in [4.69, 9.17) is 0 Å². The number of carbonyl (C=O) groups is 1. The molecule has 1 aromatic carbocycles. The van der Waals surface area contributed by atoms with Gasteiger partial charge < -0.3 is 0 Å². The van der Waals surface area contributed by atoms with Crippen molar-refractivity contribution < 1.29 is 26.7 Å². The molecule has 0 aliphatic carbocycles. The average Bonchev–Trinajstić information content (AvgIpc) is 2.50. The standard InChI is InChI=1S/C17H21F5O/c1-5-10(3)12-7-8-13(14(9-12)11(4)6-2)15(23)16(18,19)17(20,21)22/h7-11H,5-6H2,1-4H3. The molecule has 1 nitrogen and oxygen atoms in total. The molecule has 0 amide bonds. The summed E-state index contributed by atoms with van der Waals surface area (Å²) >= 11 is 0. The van der Waals surface area contributed by atoms with Crippen molar-refractivity contribution in [2.75, 3.05) is 0 Å². The smallest absolute Gasteiger partial charge is 0.287 e. The normalized spacial score (nSPS) is 15.3. The molecule has 1 aromatic rings. The summed E-state index contributed by atoms with van der Waals surface area (Å²) in [6.45, 7) is 7.38. The van der Waals surface area contributed by atoms with Gasteiger partial charge in [-0.3, -0.25) is 4.79 Å². The minimum Gasteiger partial charge on any atom is -0.287 e. The number of carbonyl (C=O) groups excluding carboxylic acids is 1. The van der Waals surface area contributed by atoms with Gasteiger partial charge in [-0.25, -0.2) is 0 Å². The van der Waals surface area contributed by atoms with E-state index in [1.54, 1.807) is 19.9 Å². The van der Waals surface area contributed by atoms with Gasteiger partial charge in [-0.1, -0.05) is 45.9 Å². The molecule has 0 aromatic heterocycles. The first-order valence-electron chi connectivity index (χ1n) is 7.60. The Hall–Kier alpha value is -1.46. The highest BCUT2D eigenvalue weighted by Crippen LogP contribution is 2.40. The van der Waals surface area contributed by atoms with E-state index in [0.717, 1.165) is 18.1 Å². The Balaban J connectivity index is 3.44. The monoisotopic (exact) mass is 336 g/mol. The third-order valence-corrected chi connectivity index (χ3v) is 4.29. The highest BCUT2D eigenvalue weighted by Gasteiger charge is 2.63. The van der Waals surface area contributed by atoms with Crippen molar-refractivity contribution in [1.82, 2.24) is 0 Å². The average molecular weight is 336 g/mol. The molecular formula is C17H21F5O. The van der Waals surface area contributed by atoms with Crippen LogP contribution in [0.5, 0.6) is 0 Å². The van der Waals surface area contributed by atoms with Crippen LogP contribution in [0.1, 0.15) is 73.9 Å². The Morgan fingerprint density at radius 3 is 1.96 bits per heavy atom. The van der Waals surface area contributed by atoms with Gasteiger partial charge in [0.1, 0.15) is 0 Å². The maximum absolute atomic E-state index is 13.4. The van der Waals surface area contributed by atoms with Crippen LogP contribution in [0, 0.1) is 0 Å². The summed E-state index contributed by atoms with van der Waals surface area (Å²) in [6, 6.07) is 4.15. The number of rotatable bonds is 6. The summed E-state index contributed by atoms with van der Waals surface area (Å²) in [5.74, 6) is -7.73. The van der Waals surface area contributed by atoms with E-state index in [0.29, 0.717) is 6.42 Å². The molecule has 0 N–H and O–H groups in total. The Bertz CT molecular complexity index is 563. The van der Waals surface area contributed by atoms with Crippen LogP contribution >= 0.6 is 0 Å². The van der Waals surface area contributed by atoms with Crippen LogP contribution in [0.3, 0.4) is 0 Å². The van der Waals surface area contributed by atoms with Crippen LogP contribution in [0.4, 0.5) is 22.0 Å². The van der Waals surface area contributed by atoms with Crippen molar-refractivity contribution in [1.29, 1.82) is 0 Å². The van der Waals surface area contributed by atoms with Gasteiger partial charge >= 0.3 is 12.1 Å². The van der Waals surface area contributed by atoms with Crippen LogP contribution in [0.15, 0.2) is 18.2 Å². The predicted octanol–water partition coefficient (Wildman–Crippen LogP) is 6.09. The Kier molecular flexibility index (Phi) is 5.94. The van der Waals surface area contributed by atoms with E-state index in [1.165, 1.54) is 6.07 Å². The molecule has 2 atom stereocenters. The molecule has 0 fully saturated rings. The maximum atomic E-state index is 13.4. The van der Waals surface area contributed by atoms with Crippen molar-refractivity contribution in [3.63, 3.8) is 0 Å². The molecule has 1 rings (SSSR count). The lowest BCUT2D eigenvalue weighted by Gasteiger charge is -2.22. The van der Waals surface area contributed by atoms with E-state index >= 15 is 0 Å². The summed E-state index contributed by atoms with van der Waals surface area (Å²) in [6.07, 6.45) is -4.57. The third-order valence-electron chi connectivity index (χ3n) is 4.29. The number of hydrogen-bond acceptors (Lipinski definition) is 1. The molecule has 6 heteroatoms. The topological polar surface area (TPSA) is 17.1 Å². The molecule has 0 aliphatic heterocycles. The van der Waals surface area contributed by atoms with Crippen molar-refractivity contribution >= 4 is 5.78 Å². The maximum Gasteiger partial charge on any atom is 0.461 e. The van der Waals surface area contributed by atoms with E-state index in [-0.39, 0.29) is 17.4 Å². The minimum absolute atomic E-state index is 0.130. The second-order valence-electron chi connectivity index (χ2n) is 5.87. The molecular weight excluding hydrogens is 315 g/mol. The van der Waals surface area contributed by atoms with Gasteiger partial charge in [0.2, 0.25) is 5.78 Å². The van der Waals surface area contributed by atoms with Crippen LogP contribution < -0.4 is 0 Å². The van der Waals surface area contributed by atoms with Gasteiger partial charge in [-0.2, -0.15) is 22.0 Å². The van der Waals surface area contributed by atoms with Gasteiger partial charge in [0.15, 0.2) is 0 Å². The fraction of sp³-hybridized carbons (Fsp3) is 0.588. The Morgan fingerprint density at radius 1 is 1.00 bits per heavy atom. The number of ketones is 1. The van der Waals surface area contributed by atoms with Gasteiger partial charge in [0.05, 0.1) is 0 Å². The van der Waals surface area contributed by atoms with Crippen molar-refractivity contribution in [3.8, 4) is 0 Å². The molecule has 0 spiro atoms. The molecule has 0 heterocycles. The van der Waals surface area contributed by atoms with E-state index in [1.807, 2.05) is 13.8 Å². The lowest BCUT2D eigenvalue weighted by atomic mass is 9.86. The zero-order valence-electron chi connectivity index (χ0n) is 13.6. The molecule has 130 valence electrons. The SMILES string of the molecule is CCC(C)c1ccc(C(=O)C(F)(F)C(F)(F)F)c(C(C)CC)c1. The van der Waals surface area contributed by atoms with Gasteiger partial charge in [-0.15, -0.1) is 0 Å². The largest absolute Gasteiger partial charge is 0.461 e. The summed E-state index contributed by atoms with van der Waals surface area (Å²) in [7, 11) is 0. The van der Waals surface area contributed by atoms with Crippen LogP contribution in [0.25, 0.3) is 0 Å². The number of Topliss-reactive ketones (excluding diaryl/α,β-unsaturated/α-hetero) is 1. The van der Waals surface area contributed by atoms with Crippen LogP contribution in [-0.2, 0) is 0 Å². The molecule has 0 saturated heterocycles. The highest BCUT2D eigenvalue weighted by molar-refractivity contribution is 6.03. The zero-order valence-corrected chi connectivity index (χ0v) is 13.6. The van der Waals surface area contributed by atoms with Gasteiger partial charge in [-0.05, 0) is 35.8 Å². The minimum atomic E-state index is -5.90.